The van der Waals surface area contributed by atoms with Crippen molar-refractivity contribution in [1.29, 1.82) is 0 Å². The summed E-state index contributed by atoms with van der Waals surface area (Å²) in [5, 5.41) is 0. The summed E-state index contributed by atoms with van der Waals surface area (Å²) in [4.78, 5) is 21.7. The Morgan fingerprint density at radius 3 is 2.00 bits per heavy atom. The highest BCUT2D eigenvalue weighted by Gasteiger charge is 2.05. The Hall–Kier alpha value is -3.02. The molecule has 0 radical (unpaired) electrons. The van der Waals surface area contributed by atoms with Crippen molar-refractivity contribution in [2.24, 2.45) is 0 Å². The van der Waals surface area contributed by atoms with Crippen molar-refractivity contribution >= 4 is 12.6 Å². The van der Waals surface area contributed by atoms with Gasteiger partial charge in [-0.25, -0.2) is 0 Å². The molecule has 0 unspecified atom stereocenters. The van der Waals surface area contributed by atoms with Gasteiger partial charge in [-0.05, 0) is 56.0 Å². The summed E-state index contributed by atoms with van der Waals surface area (Å²) < 4.78 is 21.8. The molecule has 0 fully saturated rings. The van der Waals surface area contributed by atoms with E-state index in [1.54, 1.807) is 50.6 Å². The standard InChI is InChI=1S/C22H26O6/c1-25-19-11-18(16-24)12-20(14-19)27-9-5-3-4-6-10-28-21-8-7-17(15-23)13-22(21)26-2/h7-8,11-16H,3-6,9-10H2,1-2H3. The lowest BCUT2D eigenvalue weighted by Gasteiger charge is -2.11. The summed E-state index contributed by atoms with van der Waals surface area (Å²) in [7, 11) is 3.11. The van der Waals surface area contributed by atoms with E-state index in [0.717, 1.165) is 38.3 Å². The van der Waals surface area contributed by atoms with Crippen LogP contribution in [-0.4, -0.2) is 40.0 Å². The number of carbonyl (C=O) groups excluding carboxylic acids is 2. The van der Waals surface area contributed by atoms with Gasteiger partial charge < -0.3 is 18.9 Å². The van der Waals surface area contributed by atoms with E-state index in [1.807, 2.05) is 0 Å². The maximum Gasteiger partial charge on any atom is 0.161 e. The van der Waals surface area contributed by atoms with E-state index >= 15 is 0 Å². The van der Waals surface area contributed by atoms with Crippen molar-refractivity contribution in [2.75, 3.05) is 27.4 Å². The molecule has 0 saturated carbocycles. The zero-order chi connectivity index (χ0) is 20.2. The minimum Gasteiger partial charge on any atom is -0.497 e. The summed E-state index contributed by atoms with van der Waals surface area (Å²) in [6, 6.07) is 10.3. The summed E-state index contributed by atoms with van der Waals surface area (Å²) in [5.41, 5.74) is 1.09. The first kappa shape index (κ1) is 21.3. The summed E-state index contributed by atoms with van der Waals surface area (Å²) in [6.45, 7) is 1.16. The number of unbranched alkanes of at least 4 members (excludes halogenated alkanes) is 3. The molecule has 0 aliphatic rings. The van der Waals surface area contributed by atoms with Crippen molar-refractivity contribution in [1.82, 2.24) is 0 Å². The zero-order valence-electron chi connectivity index (χ0n) is 16.3. The molecule has 0 heterocycles. The summed E-state index contributed by atoms with van der Waals surface area (Å²) >= 11 is 0. The van der Waals surface area contributed by atoms with Gasteiger partial charge in [0.05, 0.1) is 27.4 Å². The highest BCUT2D eigenvalue weighted by molar-refractivity contribution is 5.77. The van der Waals surface area contributed by atoms with E-state index in [4.69, 9.17) is 18.9 Å². The van der Waals surface area contributed by atoms with Gasteiger partial charge in [-0.1, -0.05) is 0 Å². The molecule has 0 saturated heterocycles. The quantitative estimate of drug-likeness (QED) is 0.377. The van der Waals surface area contributed by atoms with Crippen molar-refractivity contribution < 1.29 is 28.5 Å². The number of rotatable bonds is 13. The van der Waals surface area contributed by atoms with Gasteiger partial charge in [-0.15, -0.1) is 0 Å². The van der Waals surface area contributed by atoms with Gasteiger partial charge in [0, 0.05) is 17.2 Å². The lowest BCUT2D eigenvalue weighted by Crippen LogP contribution is -2.01. The zero-order valence-corrected chi connectivity index (χ0v) is 16.3. The Labute approximate surface area is 165 Å². The van der Waals surface area contributed by atoms with E-state index in [0.29, 0.717) is 47.3 Å². The van der Waals surface area contributed by atoms with E-state index in [-0.39, 0.29) is 0 Å². The molecular formula is C22H26O6. The molecule has 6 nitrogen and oxygen atoms in total. The van der Waals surface area contributed by atoms with Crippen LogP contribution in [0, 0.1) is 0 Å². The lowest BCUT2D eigenvalue weighted by molar-refractivity contribution is 0.111. The minimum absolute atomic E-state index is 0.531. The third-order valence-electron chi connectivity index (χ3n) is 4.16. The van der Waals surface area contributed by atoms with E-state index in [2.05, 4.69) is 0 Å². The van der Waals surface area contributed by atoms with Crippen LogP contribution in [0.4, 0.5) is 0 Å². The van der Waals surface area contributed by atoms with E-state index in [9.17, 15) is 9.59 Å². The molecule has 0 spiro atoms. The first-order valence-electron chi connectivity index (χ1n) is 9.23. The van der Waals surface area contributed by atoms with Gasteiger partial charge in [0.1, 0.15) is 24.1 Å². The van der Waals surface area contributed by atoms with E-state index in [1.165, 1.54) is 0 Å². The average molecular weight is 386 g/mol. The maximum atomic E-state index is 10.9. The predicted molar refractivity (Wildman–Crippen MR) is 106 cm³/mol. The van der Waals surface area contributed by atoms with E-state index < -0.39 is 0 Å². The molecule has 0 bridgehead atoms. The van der Waals surface area contributed by atoms with Crippen molar-refractivity contribution in [2.45, 2.75) is 25.7 Å². The Balaban J connectivity index is 1.64. The Bertz CT molecular complexity index is 772. The maximum absolute atomic E-state index is 10.9. The van der Waals surface area contributed by atoms with Gasteiger partial charge in [0.2, 0.25) is 0 Å². The molecular weight excluding hydrogens is 360 g/mol. The molecule has 2 aromatic rings. The molecule has 0 aromatic heterocycles. The lowest BCUT2D eigenvalue weighted by atomic mass is 10.2. The highest BCUT2D eigenvalue weighted by atomic mass is 16.5. The van der Waals surface area contributed by atoms with Crippen LogP contribution in [-0.2, 0) is 0 Å². The molecule has 0 aliphatic carbocycles. The fraction of sp³-hybridized carbons (Fsp3) is 0.364. The van der Waals surface area contributed by atoms with Crippen LogP contribution >= 0.6 is 0 Å². The number of hydrogen-bond donors (Lipinski definition) is 0. The third-order valence-corrected chi connectivity index (χ3v) is 4.16. The molecule has 6 heteroatoms. The third kappa shape index (κ3) is 6.61. The van der Waals surface area contributed by atoms with Crippen molar-refractivity contribution in [3.63, 3.8) is 0 Å². The van der Waals surface area contributed by atoms with Gasteiger partial charge in [0.25, 0.3) is 0 Å². The van der Waals surface area contributed by atoms with Crippen LogP contribution in [0.2, 0.25) is 0 Å². The van der Waals surface area contributed by atoms with Crippen molar-refractivity contribution in [3.05, 3.63) is 47.5 Å². The second-order valence-corrected chi connectivity index (χ2v) is 6.20. The monoisotopic (exact) mass is 386 g/mol. The summed E-state index contributed by atoms with van der Waals surface area (Å²) in [6.07, 6.45) is 5.39. The van der Waals surface area contributed by atoms with Gasteiger partial charge in [0.15, 0.2) is 11.5 Å². The van der Waals surface area contributed by atoms with Crippen molar-refractivity contribution in [3.8, 4) is 23.0 Å². The largest absolute Gasteiger partial charge is 0.497 e. The molecule has 0 N–H and O–H groups in total. The molecule has 0 aliphatic heterocycles. The van der Waals surface area contributed by atoms with Gasteiger partial charge >= 0.3 is 0 Å². The molecule has 0 atom stereocenters. The first-order chi connectivity index (χ1) is 13.7. The molecule has 150 valence electrons. The van der Waals surface area contributed by atoms with Gasteiger partial charge in [-0.2, -0.15) is 0 Å². The number of aldehydes is 2. The second kappa shape index (κ2) is 11.6. The average Bonchev–Trinajstić information content (AvgIpc) is 2.75. The summed E-state index contributed by atoms with van der Waals surface area (Å²) in [5.74, 6) is 2.44. The fourth-order valence-corrected chi connectivity index (χ4v) is 2.67. The van der Waals surface area contributed by atoms with Crippen LogP contribution in [0.15, 0.2) is 36.4 Å². The molecule has 0 amide bonds. The SMILES string of the molecule is COc1cc(C=O)cc(OCCCCCCOc2ccc(C=O)cc2OC)c1. The smallest absolute Gasteiger partial charge is 0.161 e. The Morgan fingerprint density at radius 1 is 0.679 bits per heavy atom. The molecule has 2 aromatic carbocycles. The number of carbonyl (C=O) groups is 2. The van der Waals surface area contributed by atoms with Crippen LogP contribution in [0.25, 0.3) is 0 Å². The second-order valence-electron chi connectivity index (χ2n) is 6.20. The number of benzene rings is 2. The predicted octanol–water partition coefficient (Wildman–Crippen LogP) is 4.35. The topological polar surface area (TPSA) is 71.1 Å². The fourth-order valence-electron chi connectivity index (χ4n) is 2.67. The molecule has 2 rings (SSSR count). The Kier molecular flexibility index (Phi) is 8.85. The number of ether oxygens (including phenoxy) is 4. The number of hydrogen-bond acceptors (Lipinski definition) is 6. The Morgan fingerprint density at radius 2 is 1.36 bits per heavy atom. The first-order valence-corrected chi connectivity index (χ1v) is 9.23. The van der Waals surface area contributed by atoms with Crippen LogP contribution < -0.4 is 18.9 Å². The number of methoxy groups -OCH3 is 2. The van der Waals surface area contributed by atoms with Crippen LogP contribution in [0.1, 0.15) is 46.4 Å². The van der Waals surface area contributed by atoms with Crippen LogP contribution in [0.5, 0.6) is 23.0 Å². The van der Waals surface area contributed by atoms with Gasteiger partial charge in [-0.3, -0.25) is 9.59 Å². The molecule has 28 heavy (non-hydrogen) atoms. The minimum atomic E-state index is 0.531. The van der Waals surface area contributed by atoms with Crippen LogP contribution in [0.3, 0.4) is 0 Å². The highest BCUT2D eigenvalue weighted by Crippen LogP contribution is 2.27. The normalized spacial score (nSPS) is 10.2.